The number of likely N-dealkylation sites (tertiary alicyclic amines) is 1. The number of β-amino-alcohol motifs (C(OH)–C–C–N with tert-alkyl or cyclic N) is 1. The second-order valence-electron chi connectivity index (χ2n) is 4.50. The highest BCUT2D eigenvalue weighted by Gasteiger charge is 2.51. The second kappa shape index (κ2) is 2.81. The highest BCUT2D eigenvalue weighted by atomic mass is 16.5. The largest absolute Gasteiger partial charge is 0.387 e. The molecule has 1 aromatic heterocycles. The molecular weight excluding hydrogens is 180 g/mol. The van der Waals surface area contributed by atoms with Gasteiger partial charge in [-0.2, -0.15) is 0 Å². The molecule has 1 N–H and O–H groups in total. The molecule has 0 atom stereocenters. The third-order valence-corrected chi connectivity index (χ3v) is 3.20. The van der Waals surface area contributed by atoms with Gasteiger partial charge in [-0.3, -0.25) is 4.90 Å². The molecular formula is C10H14N2O2. The zero-order valence-corrected chi connectivity index (χ0v) is 8.02. The van der Waals surface area contributed by atoms with E-state index in [1.165, 1.54) is 12.8 Å². The molecule has 14 heavy (non-hydrogen) atoms. The van der Waals surface area contributed by atoms with E-state index in [0.29, 0.717) is 5.92 Å². The van der Waals surface area contributed by atoms with Crippen LogP contribution in [0.5, 0.6) is 0 Å². The van der Waals surface area contributed by atoms with Crippen LogP contribution in [0.1, 0.15) is 18.6 Å². The van der Waals surface area contributed by atoms with Gasteiger partial charge in [-0.1, -0.05) is 5.16 Å². The van der Waals surface area contributed by atoms with Crippen molar-refractivity contribution in [2.45, 2.75) is 25.0 Å². The third-order valence-electron chi connectivity index (χ3n) is 3.20. The molecule has 76 valence electrons. The lowest BCUT2D eigenvalue weighted by atomic mass is 9.89. The first-order valence-electron chi connectivity index (χ1n) is 5.11. The lowest BCUT2D eigenvalue weighted by Crippen LogP contribution is -2.62. The van der Waals surface area contributed by atoms with Crippen LogP contribution >= 0.6 is 0 Å². The zero-order valence-electron chi connectivity index (χ0n) is 8.02. The minimum Gasteiger partial charge on any atom is -0.387 e. The van der Waals surface area contributed by atoms with Gasteiger partial charge in [0.05, 0.1) is 18.3 Å². The van der Waals surface area contributed by atoms with Gasteiger partial charge in [0.2, 0.25) is 0 Å². The van der Waals surface area contributed by atoms with Crippen LogP contribution in [0.3, 0.4) is 0 Å². The number of rotatable bonds is 3. The fourth-order valence-corrected chi connectivity index (χ4v) is 2.26. The Kier molecular flexibility index (Phi) is 1.69. The Balaban J connectivity index is 1.54. The average molecular weight is 194 g/mol. The van der Waals surface area contributed by atoms with Crippen LogP contribution in [-0.4, -0.2) is 33.9 Å². The summed E-state index contributed by atoms with van der Waals surface area (Å²) in [6.07, 6.45) is 4.06. The van der Waals surface area contributed by atoms with Gasteiger partial charge >= 0.3 is 0 Å². The minimum absolute atomic E-state index is 0.389. The molecule has 1 aliphatic carbocycles. The molecule has 0 aromatic carbocycles. The van der Waals surface area contributed by atoms with E-state index in [1.54, 1.807) is 6.20 Å². The second-order valence-corrected chi connectivity index (χ2v) is 4.50. The summed E-state index contributed by atoms with van der Waals surface area (Å²) in [5.41, 5.74) is -0.389. The lowest BCUT2D eigenvalue weighted by Gasteiger charge is -2.46. The minimum atomic E-state index is -0.389. The molecule has 2 aliphatic rings. The predicted molar refractivity (Wildman–Crippen MR) is 49.5 cm³/mol. The molecule has 0 bridgehead atoms. The monoisotopic (exact) mass is 194 g/mol. The Morgan fingerprint density at radius 1 is 1.57 bits per heavy atom. The van der Waals surface area contributed by atoms with Crippen molar-refractivity contribution in [1.82, 2.24) is 10.1 Å². The Bertz CT molecular complexity index is 313. The molecule has 0 spiro atoms. The van der Waals surface area contributed by atoms with Crippen molar-refractivity contribution >= 4 is 0 Å². The van der Waals surface area contributed by atoms with E-state index in [1.807, 2.05) is 6.07 Å². The molecule has 4 heteroatoms. The number of aliphatic hydroxyl groups is 1. The van der Waals surface area contributed by atoms with E-state index in [9.17, 15) is 5.11 Å². The van der Waals surface area contributed by atoms with Crippen LogP contribution < -0.4 is 0 Å². The summed E-state index contributed by atoms with van der Waals surface area (Å²) in [4.78, 5) is 2.19. The van der Waals surface area contributed by atoms with Crippen LogP contribution in [0.4, 0.5) is 0 Å². The first-order valence-corrected chi connectivity index (χ1v) is 5.11. The molecule has 1 aliphatic heterocycles. The molecule has 1 saturated heterocycles. The van der Waals surface area contributed by atoms with Gasteiger partial charge in [-0.15, -0.1) is 0 Å². The topological polar surface area (TPSA) is 49.5 Å². The highest BCUT2D eigenvalue weighted by Crippen LogP contribution is 2.44. The van der Waals surface area contributed by atoms with Crippen molar-refractivity contribution in [2.24, 2.45) is 5.92 Å². The SMILES string of the molecule is OC1(C2CC2)CN(Cc2ccno2)C1. The van der Waals surface area contributed by atoms with Gasteiger partial charge in [0.1, 0.15) is 0 Å². The predicted octanol–water partition coefficient (Wildman–Crippen LogP) is 0.631. The smallest absolute Gasteiger partial charge is 0.150 e. The van der Waals surface area contributed by atoms with Crippen molar-refractivity contribution in [3.8, 4) is 0 Å². The van der Waals surface area contributed by atoms with Crippen molar-refractivity contribution in [1.29, 1.82) is 0 Å². The van der Waals surface area contributed by atoms with Gasteiger partial charge in [0.25, 0.3) is 0 Å². The molecule has 0 unspecified atom stereocenters. The fourth-order valence-electron chi connectivity index (χ4n) is 2.26. The normalized spacial score (nSPS) is 26.1. The van der Waals surface area contributed by atoms with Crippen molar-refractivity contribution < 1.29 is 9.63 Å². The highest BCUT2D eigenvalue weighted by molar-refractivity contribution is 5.06. The summed E-state index contributed by atoms with van der Waals surface area (Å²) < 4.78 is 5.01. The van der Waals surface area contributed by atoms with Crippen LogP contribution in [0.15, 0.2) is 16.8 Å². The Morgan fingerprint density at radius 2 is 2.36 bits per heavy atom. The number of aromatic nitrogens is 1. The maximum atomic E-state index is 10.1. The van der Waals surface area contributed by atoms with Crippen molar-refractivity contribution in [3.63, 3.8) is 0 Å². The first-order chi connectivity index (χ1) is 6.76. The molecule has 1 saturated carbocycles. The number of nitrogens with zero attached hydrogens (tertiary/aromatic N) is 2. The van der Waals surface area contributed by atoms with E-state index >= 15 is 0 Å². The van der Waals surface area contributed by atoms with E-state index < -0.39 is 0 Å². The van der Waals surface area contributed by atoms with Crippen molar-refractivity contribution in [2.75, 3.05) is 13.1 Å². The molecule has 0 amide bonds. The van der Waals surface area contributed by atoms with Gasteiger partial charge in [-0.25, -0.2) is 0 Å². The van der Waals surface area contributed by atoms with E-state index in [-0.39, 0.29) is 5.60 Å². The summed E-state index contributed by atoms with van der Waals surface area (Å²) >= 11 is 0. The van der Waals surface area contributed by atoms with Crippen LogP contribution in [0, 0.1) is 5.92 Å². The standard InChI is InChI=1S/C10H14N2O2/c13-10(8-1-2-8)6-12(7-10)5-9-3-4-11-14-9/h3-4,8,13H,1-2,5-7H2. The summed E-state index contributed by atoms with van der Waals surface area (Å²) in [7, 11) is 0. The van der Waals surface area contributed by atoms with Gasteiger partial charge < -0.3 is 9.63 Å². The van der Waals surface area contributed by atoms with Gasteiger partial charge in [-0.05, 0) is 18.8 Å². The van der Waals surface area contributed by atoms with Gasteiger partial charge in [0, 0.05) is 19.2 Å². The number of hydrogen-bond acceptors (Lipinski definition) is 4. The summed E-state index contributed by atoms with van der Waals surface area (Å²) in [6.45, 7) is 2.35. The van der Waals surface area contributed by atoms with E-state index in [4.69, 9.17) is 4.52 Å². The summed E-state index contributed by atoms with van der Waals surface area (Å²) in [6, 6.07) is 1.87. The fraction of sp³-hybridized carbons (Fsp3) is 0.700. The molecule has 3 rings (SSSR count). The quantitative estimate of drug-likeness (QED) is 0.766. The van der Waals surface area contributed by atoms with Crippen molar-refractivity contribution in [3.05, 3.63) is 18.0 Å². The molecule has 4 nitrogen and oxygen atoms in total. The molecule has 1 aromatic rings. The van der Waals surface area contributed by atoms with Crippen LogP contribution in [0.25, 0.3) is 0 Å². The first kappa shape index (κ1) is 8.44. The molecule has 2 heterocycles. The third kappa shape index (κ3) is 1.35. The molecule has 2 fully saturated rings. The summed E-state index contributed by atoms with van der Waals surface area (Å²) in [5.74, 6) is 1.44. The lowest BCUT2D eigenvalue weighted by molar-refractivity contribution is -0.118. The van der Waals surface area contributed by atoms with Gasteiger partial charge in [0.15, 0.2) is 5.76 Å². The Labute approximate surface area is 82.5 Å². The Hall–Kier alpha value is -0.870. The Morgan fingerprint density at radius 3 is 2.93 bits per heavy atom. The van der Waals surface area contributed by atoms with E-state index in [0.717, 1.165) is 25.4 Å². The number of hydrogen-bond donors (Lipinski definition) is 1. The maximum Gasteiger partial charge on any atom is 0.150 e. The average Bonchev–Trinajstić information content (AvgIpc) is 2.84. The molecule has 0 radical (unpaired) electrons. The van der Waals surface area contributed by atoms with Crippen LogP contribution in [0.2, 0.25) is 0 Å². The van der Waals surface area contributed by atoms with E-state index in [2.05, 4.69) is 10.1 Å². The zero-order chi connectivity index (χ0) is 9.60. The maximum absolute atomic E-state index is 10.1. The van der Waals surface area contributed by atoms with Crippen LogP contribution in [-0.2, 0) is 6.54 Å². The summed E-state index contributed by atoms with van der Waals surface area (Å²) in [5, 5.41) is 13.7.